The molecule has 52 valence electrons. The first kappa shape index (κ1) is 10.6. The number of rotatable bonds is 2. The molecule has 0 heterocycles. The SMILES string of the molecule is N.NC(=O)/C=C\C(=O)O. The molecule has 0 radical (unpaired) electrons. The molecule has 0 fully saturated rings. The summed E-state index contributed by atoms with van der Waals surface area (Å²) >= 11 is 0. The van der Waals surface area contributed by atoms with E-state index in [0.29, 0.717) is 6.08 Å². The highest BCUT2D eigenvalue weighted by Gasteiger charge is 1.86. The van der Waals surface area contributed by atoms with Gasteiger partial charge in [0.25, 0.3) is 0 Å². The van der Waals surface area contributed by atoms with Crippen LogP contribution >= 0.6 is 0 Å². The number of carboxylic acid groups (broad SMARTS) is 1. The zero-order valence-corrected chi connectivity index (χ0v) is 4.70. The third kappa shape index (κ3) is 10.8. The first-order valence-electron chi connectivity index (χ1n) is 1.83. The molecule has 0 rings (SSSR count). The van der Waals surface area contributed by atoms with Crippen molar-refractivity contribution in [1.29, 1.82) is 0 Å². The Balaban J connectivity index is 0. The summed E-state index contributed by atoms with van der Waals surface area (Å²) in [6.45, 7) is 0. The molecule has 0 spiro atoms. The number of carbonyl (C=O) groups is 2. The van der Waals surface area contributed by atoms with Crippen molar-refractivity contribution in [2.75, 3.05) is 0 Å². The van der Waals surface area contributed by atoms with E-state index < -0.39 is 11.9 Å². The summed E-state index contributed by atoms with van der Waals surface area (Å²) in [5.74, 6) is -1.93. The highest BCUT2D eigenvalue weighted by molar-refractivity contribution is 5.92. The van der Waals surface area contributed by atoms with Crippen molar-refractivity contribution in [2.45, 2.75) is 0 Å². The van der Waals surface area contributed by atoms with Crippen molar-refractivity contribution in [2.24, 2.45) is 5.73 Å². The van der Waals surface area contributed by atoms with Gasteiger partial charge in [0.1, 0.15) is 0 Å². The molecule has 1 amide bonds. The van der Waals surface area contributed by atoms with Gasteiger partial charge < -0.3 is 17.0 Å². The standard InChI is InChI=1S/C4H5NO3.H3N/c5-3(6)1-2-4(7)8;/h1-2H,(H2,5,6)(H,7,8);1H3/b2-1-;. The van der Waals surface area contributed by atoms with E-state index in [0.717, 1.165) is 6.08 Å². The van der Waals surface area contributed by atoms with E-state index in [-0.39, 0.29) is 6.15 Å². The number of carboxylic acids is 1. The number of hydrogen-bond acceptors (Lipinski definition) is 3. The lowest BCUT2D eigenvalue weighted by molar-refractivity contribution is -0.131. The minimum absolute atomic E-state index is 0. The molecule has 5 heteroatoms. The van der Waals surface area contributed by atoms with Crippen LogP contribution in [0.3, 0.4) is 0 Å². The van der Waals surface area contributed by atoms with Gasteiger partial charge in [-0.05, 0) is 0 Å². The van der Waals surface area contributed by atoms with Gasteiger partial charge in [0.05, 0.1) is 0 Å². The molecule has 0 atom stereocenters. The quantitative estimate of drug-likeness (QED) is 0.429. The van der Waals surface area contributed by atoms with Crippen molar-refractivity contribution in [3.8, 4) is 0 Å². The Morgan fingerprint density at radius 1 is 1.33 bits per heavy atom. The van der Waals surface area contributed by atoms with Crippen LogP contribution in [-0.4, -0.2) is 17.0 Å². The van der Waals surface area contributed by atoms with Gasteiger partial charge >= 0.3 is 5.97 Å². The molecule has 0 bridgehead atoms. The molecule has 0 aromatic rings. The Morgan fingerprint density at radius 2 is 1.78 bits per heavy atom. The maximum absolute atomic E-state index is 9.78. The molecule has 9 heavy (non-hydrogen) atoms. The average Bonchev–Trinajstić information content (AvgIpc) is 1.61. The molecule has 0 saturated heterocycles. The summed E-state index contributed by atoms with van der Waals surface area (Å²) in [5.41, 5.74) is 4.55. The van der Waals surface area contributed by atoms with Crippen molar-refractivity contribution in [1.82, 2.24) is 6.15 Å². The summed E-state index contributed by atoms with van der Waals surface area (Å²) in [6, 6.07) is 0. The third-order valence-corrected chi connectivity index (χ3v) is 0.390. The molecule has 6 N–H and O–H groups in total. The van der Waals surface area contributed by atoms with E-state index in [4.69, 9.17) is 5.11 Å². The lowest BCUT2D eigenvalue weighted by Crippen LogP contribution is -2.06. The molecule has 0 aromatic heterocycles. The van der Waals surface area contributed by atoms with Gasteiger partial charge in [0.2, 0.25) is 5.91 Å². The lowest BCUT2D eigenvalue weighted by atomic mass is 10.5. The van der Waals surface area contributed by atoms with E-state index in [1.54, 1.807) is 0 Å². The topological polar surface area (TPSA) is 115 Å². The predicted octanol–water partition coefficient (Wildman–Crippen LogP) is -0.726. The Bertz CT molecular complexity index is 125. The van der Waals surface area contributed by atoms with Gasteiger partial charge in [-0.25, -0.2) is 4.79 Å². The maximum atomic E-state index is 9.78. The monoisotopic (exact) mass is 132 g/mol. The first-order valence-corrected chi connectivity index (χ1v) is 1.83. The molecule has 0 aliphatic rings. The predicted molar refractivity (Wildman–Crippen MR) is 31.0 cm³/mol. The van der Waals surface area contributed by atoms with E-state index in [1.807, 2.05) is 0 Å². The van der Waals surface area contributed by atoms with Crippen LogP contribution in [0.4, 0.5) is 0 Å². The van der Waals surface area contributed by atoms with Gasteiger partial charge in [-0.15, -0.1) is 0 Å². The number of aliphatic carboxylic acids is 1. The summed E-state index contributed by atoms with van der Waals surface area (Å²) in [7, 11) is 0. The van der Waals surface area contributed by atoms with Crippen LogP contribution in [0.1, 0.15) is 0 Å². The largest absolute Gasteiger partial charge is 0.478 e. The van der Waals surface area contributed by atoms with Crippen molar-refractivity contribution in [3.05, 3.63) is 12.2 Å². The Morgan fingerprint density at radius 3 is 1.89 bits per heavy atom. The second-order valence-electron chi connectivity index (χ2n) is 1.07. The second-order valence-corrected chi connectivity index (χ2v) is 1.07. The molecule has 0 saturated carbocycles. The smallest absolute Gasteiger partial charge is 0.328 e. The zero-order chi connectivity index (χ0) is 6.57. The Hall–Kier alpha value is -1.36. The summed E-state index contributed by atoms with van der Waals surface area (Å²) in [4.78, 5) is 19.4. The molecule has 0 aliphatic carbocycles. The van der Waals surface area contributed by atoms with E-state index >= 15 is 0 Å². The molecule has 0 unspecified atom stereocenters. The molecule has 0 aromatic carbocycles. The maximum Gasteiger partial charge on any atom is 0.328 e. The Kier molecular flexibility index (Phi) is 5.64. The summed E-state index contributed by atoms with van der Waals surface area (Å²) in [6.07, 6.45) is 1.46. The van der Waals surface area contributed by atoms with Crippen molar-refractivity contribution >= 4 is 11.9 Å². The van der Waals surface area contributed by atoms with Crippen molar-refractivity contribution < 1.29 is 14.7 Å². The molecule has 0 aliphatic heterocycles. The lowest BCUT2D eigenvalue weighted by Gasteiger charge is -1.75. The number of hydrogen-bond donors (Lipinski definition) is 3. The van der Waals surface area contributed by atoms with E-state index in [1.165, 1.54) is 0 Å². The van der Waals surface area contributed by atoms with E-state index in [2.05, 4.69) is 5.73 Å². The summed E-state index contributed by atoms with van der Waals surface area (Å²) < 4.78 is 0. The van der Waals surface area contributed by atoms with Gasteiger partial charge in [-0.1, -0.05) is 0 Å². The minimum Gasteiger partial charge on any atom is -0.478 e. The second kappa shape index (κ2) is 4.79. The number of nitrogens with two attached hydrogens (primary N) is 1. The first-order chi connectivity index (χ1) is 3.63. The molecular formula is C4H8N2O3. The minimum atomic E-state index is -1.18. The van der Waals surface area contributed by atoms with E-state index in [9.17, 15) is 9.59 Å². The van der Waals surface area contributed by atoms with Gasteiger partial charge in [0.15, 0.2) is 0 Å². The fourth-order valence-corrected chi connectivity index (χ4v) is 0.153. The number of amides is 1. The van der Waals surface area contributed by atoms with Gasteiger partial charge in [-0.3, -0.25) is 4.79 Å². The fraction of sp³-hybridized carbons (Fsp3) is 0. The zero-order valence-electron chi connectivity index (χ0n) is 4.70. The van der Waals surface area contributed by atoms with Crippen LogP contribution in [0.25, 0.3) is 0 Å². The average molecular weight is 132 g/mol. The Labute approximate surface area is 51.7 Å². The van der Waals surface area contributed by atoms with Crippen LogP contribution in [-0.2, 0) is 9.59 Å². The van der Waals surface area contributed by atoms with Crippen LogP contribution < -0.4 is 11.9 Å². The third-order valence-electron chi connectivity index (χ3n) is 0.390. The number of primary amides is 1. The van der Waals surface area contributed by atoms with Gasteiger partial charge in [-0.2, -0.15) is 0 Å². The van der Waals surface area contributed by atoms with Crippen LogP contribution in [0, 0.1) is 0 Å². The van der Waals surface area contributed by atoms with Crippen LogP contribution in [0.15, 0.2) is 12.2 Å². The van der Waals surface area contributed by atoms with Crippen molar-refractivity contribution in [3.63, 3.8) is 0 Å². The van der Waals surface area contributed by atoms with Gasteiger partial charge in [0, 0.05) is 12.2 Å². The highest BCUT2D eigenvalue weighted by Crippen LogP contribution is 1.68. The van der Waals surface area contributed by atoms with Crippen LogP contribution in [0.5, 0.6) is 0 Å². The fourth-order valence-electron chi connectivity index (χ4n) is 0.153. The van der Waals surface area contributed by atoms with Crippen LogP contribution in [0.2, 0.25) is 0 Å². The molecule has 5 nitrogen and oxygen atoms in total. The number of carbonyl (C=O) groups excluding carboxylic acids is 1. The summed E-state index contributed by atoms with van der Waals surface area (Å²) in [5, 5.41) is 7.87. The normalized spacial score (nSPS) is 8.44. The highest BCUT2D eigenvalue weighted by atomic mass is 16.4. The molecular weight excluding hydrogens is 124 g/mol.